The van der Waals surface area contributed by atoms with E-state index in [1.54, 1.807) is 24.2 Å². The third kappa shape index (κ3) is 3.33. The Kier molecular flexibility index (Phi) is 4.66. The van der Waals surface area contributed by atoms with Crippen LogP contribution in [0.25, 0.3) is 11.1 Å². The van der Waals surface area contributed by atoms with Crippen LogP contribution < -0.4 is 5.73 Å². The molecular formula is C18H18N4OS. The number of pyridine rings is 1. The Morgan fingerprint density at radius 3 is 2.58 bits per heavy atom. The van der Waals surface area contributed by atoms with Crippen molar-refractivity contribution in [3.05, 3.63) is 53.5 Å². The summed E-state index contributed by atoms with van der Waals surface area (Å²) in [4.78, 5) is 9.96. The van der Waals surface area contributed by atoms with E-state index in [0.717, 1.165) is 28.1 Å². The number of nitrogens with zero attached hydrogens (tertiary/aromatic N) is 3. The summed E-state index contributed by atoms with van der Waals surface area (Å²) in [7, 11) is 0. The third-order valence-corrected chi connectivity index (χ3v) is 4.43. The van der Waals surface area contributed by atoms with E-state index in [2.05, 4.69) is 33.5 Å². The van der Waals surface area contributed by atoms with E-state index in [4.69, 9.17) is 10.3 Å². The zero-order chi connectivity index (χ0) is 17.1. The predicted molar refractivity (Wildman–Crippen MR) is 99.1 cm³/mol. The molecule has 2 aromatic heterocycles. The molecule has 122 valence electrons. The zero-order valence-corrected chi connectivity index (χ0v) is 14.6. The summed E-state index contributed by atoms with van der Waals surface area (Å²) in [5.74, 6) is 1.14. The normalized spacial score (nSPS) is 11.3. The van der Waals surface area contributed by atoms with Gasteiger partial charge in [-0.25, -0.2) is 4.98 Å². The van der Waals surface area contributed by atoms with Gasteiger partial charge in [-0.2, -0.15) is 0 Å². The second-order valence-electron chi connectivity index (χ2n) is 5.36. The number of nitrogen functional groups attached to an aromatic ring is 1. The van der Waals surface area contributed by atoms with Crippen LogP contribution in [0.15, 0.2) is 50.9 Å². The molecule has 24 heavy (non-hydrogen) atoms. The van der Waals surface area contributed by atoms with E-state index in [-0.39, 0.29) is 0 Å². The lowest BCUT2D eigenvalue weighted by Gasteiger charge is -2.04. The first-order chi connectivity index (χ1) is 11.6. The maximum absolute atomic E-state index is 5.96. The van der Waals surface area contributed by atoms with Gasteiger partial charge in [0.25, 0.3) is 0 Å². The number of benzene rings is 1. The lowest BCUT2D eigenvalue weighted by Crippen LogP contribution is -1.92. The van der Waals surface area contributed by atoms with E-state index in [0.29, 0.717) is 11.5 Å². The molecule has 0 radical (unpaired) electrons. The van der Waals surface area contributed by atoms with Crippen LogP contribution in [-0.2, 0) is 0 Å². The topological polar surface area (TPSA) is 77.3 Å². The summed E-state index contributed by atoms with van der Waals surface area (Å²) in [5.41, 5.74) is 10.2. The first-order valence-corrected chi connectivity index (χ1v) is 8.68. The zero-order valence-electron chi connectivity index (χ0n) is 13.8. The molecule has 0 aliphatic heterocycles. The molecule has 0 aliphatic carbocycles. The fourth-order valence-corrected chi connectivity index (χ4v) is 2.84. The number of aliphatic imine (C=N–C) groups is 1. The second kappa shape index (κ2) is 6.88. The van der Waals surface area contributed by atoms with Gasteiger partial charge in [0, 0.05) is 28.4 Å². The minimum Gasteiger partial charge on any atom is -0.382 e. The van der Waals surface area contributed by atoms with Gasteiger partial charge in [-0.15, -0.1) is 11.8 Å². The molecule has 3 aromatic rings. The Labute approximate surface area is 145 Å². The highest BCUT2D eigenvalue weighted by Gasteiger charge is 2.13. The second-order valence-corrected chi connectivity index (χ2v) is 6.24. The molecule has 6 heteroatoms. The molecule has 0 saturated carbocycles. The van der Waals surface area contributed by atoms with Crippen molar-refractivity contribution in [2.45, 2.75) is 18.7 Å². The van der Waals surface area contributed by atoms with Crippen LogP contribution in [0, 0.1) is 13.8 Å². The maximum atomic E-state index is 5.96. The Morgan fingerprint density at radius 2 is 1.96 bits per heavy atom. The molecular weight excluding hydrogens is 320 g/mol. The number of hydrogen-bond donors (Lipinski definition) is 1. The van der Waals surface area contributed by atoms with E-state index in [1.807, 2.05) is 32.0 Å². The Morgan fingerprint density at radius 1 is 1.21 bits per heavy atom. The van der Waals surface area contributed by atoms with Crippen LogP contribution in [0.5, 0.6) is 0 Å². The summed E-state index contributed by atoms with van der Waals surface area (Å²) in [6.07, 6.45) is 5.55. The van der Waals surface area contributed by atoms with E-state index < -0.39 is 0 Å². The molecule has 2 N–H and O–H groups in total. The van der Waals surface area contributed by atoms with Gasteiger partial charge >= 0.3 is 0 Å². The lowest BCUT2D eigenvalue weighted by atomic mass is 10.1. The molecule has 0 atom stereocenters. The number of nitrogens with two attached hydrogens (primary N) is 1. The van der Waals surface area contributed by atoms with Gasteiger partial charge in [0.05, 0.1) is 5.69 Å². The summed E-state index contributed by atoms with van der Waals surface area (Å²) >= 11 is 1.71. The van der Waals surface area contributed by atoms with Crippen molar-refractivity contribution in [2.75, 3.05) is 12.0 Å². The Hall–Kier alpha value is -2.60. The van der Waals surface area contributed by atoms with Gasteiger partial charge in [0.15, 0.2) is 0 Å². The molecule has 1 aromatic carbocycles. The van der Waals surface area contributed by atoms with Crippen molar-refractivity contribution in [1.82, 2.24) is 10.1 Å². The van der Waals surface area contributed by atoms with Crippen LogP contribution in [-0.4, -0.2) is 22.6 Å². The first-order valence-electron chi connectivity index (χ1n) is 7.45. The van der Waals surface area contributed by atoms with Crippen molar-refractivity contribution < 1.29 is 4.52 Å². The number of hydrogen-bond acceptors (Lipinski definition) is 6. The fraction of sp³-hybridized carbons (Fsp3) is 0.167. The van der Waals surface area contributed by atoms with Gasteiger partial charge in [-0.1, -0.05) is 17.3 Å². The van der Waals surface area contributed by atoms with Crippen LogP contribution in [0.3, 0.4) is 0 Å². The van der Waals surface area contributed by atoms with Gasteiger partial charge in [-0.3, -0.25) is 4.99 Å². The molecule has 0 unspecified atom stereocenters. The molecule has 2 heterocycles. The smallest absolute Gasteiger partial charge is 0.149 e. The maximum Gasteiger partial charge on any atom is 0.149 e. The van der Waals surface area contributed by atoms with Crippen molar-refractivity contribution >= 4 is 29.5 Å². The van der Waals surface area contributed by atoms with Gasteiger partial charge < -0.3 is 10.3 Å². The number of rotatable bonds is 4. The van der Waals surface area contributed by atoms with Crippen LogP contribution >= 0.6 is 11.8 Å². The number of anilines is 1. The monoisotopic (exact) mass is 338 g/mol. The van der Waals surface area contributed by atoms with Gasteiger partial charge in [-0.05, 0) is 43.9 Å². The highest BCUT2D eigenvalue weighted by atomic mass is 32.2. The lowest BCUT2D eigenvalue weighted by molar-refractivity contribution is 0.393. The largest absolute Gasteiger partial charge is 0.382 e. The molecule has 5 nitrogen and oxygen atoms in total. The minimum atomic E-state index is 0.391. The molecule has 0 amide bonds. The molecule has 0 fully saturated rings. The summed E-state index contributed by atoms with van der Waals surface area (Å²) in [6.45, 7) is 3.78. The Balaban J connectivity index is 1.93. The average Bonchev–Trinajstić information content (AvgIpc) is 2.93. The van der Waals surface area contributed by atoms with Crippen LogP contribution in [0.2, 0.25) is 0 Å². The minimum absolute atomic E-state index is 0.391. The number of thioether (sulfide) groups is 1. The summed E-state index contributed by atoms with van der Waals surface area (Å²) in [6, 6.07) is 10.1. The highest BCUT2D eigenvalue weighted by Crippen LogP contribution is 2.31. The quantitative estimate of drug-likeness (QED) is 0.563. The Bertz CT molecular complexity index is 865. The SMILES string of the molecule is CSc1ccc(C=Nc2cc(-c3c(C)noc3C)cnc2N)cc1. The van der Waals surface area contributed by atoms with Crippen LogP contribution in [0.1, 0.15) is 17.0 Å². The molecule has 0 saturated heterocycles. The standard InChI is InChI=1S/C18H18N4OS/c1-11-17(12(2)23-22-11)14-8-16(18(19)21-10-14)20-9-13-4-6-15(24-3)7-5-13/h4-10H,1-3H3,(H2,19,21). The third-order valence-electron chi connectivity index (χ3n) is 3.69. The fourth-order valence-electron chi connectivity index (χ4n) is 2.43. The van der Waals surface area contributed by atoms with Crippen molar-refractivity contribution in [2.24, 2.45) is 4.99 Å². The molecule has 0 aliphatic rings. The van der Waals surface area contributed by atoms with E-state index >= 15 is 0 Å². The van der Waals surface area contributed by atoms with E-state index in [1.165, 1.54) is 4.90 Å². The van der Waals surface area contributed by atoms with Crippen molar-refractivity contribution in [3.63, 3.8) is 0 Å². The van der Waals surface area contributed by atoms with Gasteiger partial charge in [0.2, 0.25) is 0 Å². The van der Waals surface area contributed by atoms with Crippen molar-refractivity contribution in [1.29, 1.82) is 0 Å². The molecule has 0 bridgehead atoms. The van der Waals surface area contributed by atoms with E-state index in [9.17, 15) is 0 Å². The number of aromatic nitrogens is 2. The molecule has 0 spiro atoms. The molecule has 3 rings (SSSR count). The number of aryl methyl sites for hydroxylation is 2. The van der Waals surface area contributed by atoms with Crippen molar-refractivity contribution in [3.8, 4) is 11.1 Å². The highest BCUT2D eigenvalue weighted by molar-refractivity contribution is 7.98. The summed E-state index contributed by atoms with van der Waals surface area (Å²) < 4.78 is 5.22. The average molecular weight is 338 g/mol. The first kappa shape index (κ1) is 16.3. The van der Waals surface area contributed by atoms with Gasteiger partial charge in [0.1, 0.15) is 17.3 Å². The van der Waals surface area contributed by atoms with Crippen LogP contribution in [0.4, 0.5) is 11.5 Å². The predicted octanol–water partition coefficient (Wildman–Crippen LogP) is 4.41. The summed E-state index contributed by atoms with van der Waals surface area (Å²) in [5, 5.41) is 3.98.